The van der Waals surface area contributed by atoms with Gasteiger partial charge in [-0.05, 0) is 31.4 Å². The van der Waals surface area contributed by atoms with Crippen molar-refractivity contribution in [2.24, 2.45) is 5.73 Å². The number of amides is 1. The number of nitrogens with zero attached hydrogens (tertiary/aromatic N) is 2. The third kappa shape index (κ3) is 2.72. The lowest BCUT2D eigenvalue weighted by molar-refractivity contribution is -0.384. The highest BCUT2D eigenvalue weighted by Crippen LogP contribution is 2.35. The first-order valence-corrected chi connectivity index (χ1v) is 6.50. The van der Waals surface area contributed by atoms with Crippen LogP contribution >= 0.6 is 0 Å². The standard InChI is InChI=1S/C13H17N3O4/c14-13(18)9-4-5-11(16(19)20)12(8-9)15(6-7-17)10-2-1-3-10/h4-5,8,10,17H,1-3,6-7H2,(H2,14,18). The number of primary amides is 1. The van der Waals surface area contributed by atoms with Crippen LogP contribution in [0.4, 0.5) is 11.4 Å². The minimum atomic E-state index is -0.626. The van der Waals surface area contributed by atoms with E-state index in [-0.39, 0.29) is 23.9 Å². The molecule has 0 spiro atoms. The lowest BCUT2D eigenvalue weighted by atomic mass is 9.90. The van der Waals surface area contributed by atoms with Gasteiger partial charge in [-0.3, -0.25) is 14.9 Å². The Morgan fingerprint density at radius 3 is 2.65 bits per heavy atom. The summed E-state index contributed by atoms with van der Waals surface area (Å²) in [5, 5.41) is 20.3. The fourth-order valence-corrected chi connectivity index (χ4v) is 2.37. The molecule has 0 radical (unpaired) electrons. The number of hydrogen-bond donors (Lipinski definition) is 2. The van der Waals surface area contributed by atoms with Gasteiger partial charge in [0.1, 0.15) is 5.69 Å². The van der Waals surface area contributed by atoms with Gasteiger partial charge in [-0.2, -0.15) is 0 Å². The Labute approximate surface area is 116 Å². The molecule has 108 valence electrons. The number of aliphatic hydroxyl groups is 1. The van der Waals surface area contributed by atoms with Crippen molar-refractivity contribution in [2.45, 2.75) is 25.3 Å². The van der Waals surface area contributed by atoms with E-state index in [4.69, 9.17) is 5.73 Å². The first-order chi connectivity index (χ1) is 9.54. The summed E-state index contributed by atoms with van der Waals surface area (Å²) in [5.41, 5.74) is 5.74. The number of hydrogen-bond acceptors (Lipinski definition) is 5. The highest BCUT2D eigenvalue weighted by atomic mass is 16.6. The van der Waals surface area contributed by atoms with Crippen LogP contribution in [-0.4, -0.2) is 35.1 Å². The summed E-state index contributed by atoms with van der Waals surface area (Å²) in [6.45, 7) is 0.197. The number of nitro benzene ring substituents is 1. The predicted octanol–water partition coefficient (Wildman–Crippen LogP) is 1.04. The summed E-state index contributed by atoms with van der Waals surface area (Å²) in [5.74, 6) is -0.626. The monoisotopic (exact) mass is 279 g/mol. The minimum Gasteiger partial charge on any atom is -0.395 e. The van der Waals surface area contributed by atoms with Crippen LogP contribution in [0.3, 0.4) is 0 Å². The van der Waals surface area contributed by atoms with Crippen molar-refractivity contribution in [3.63, 3.8) is 0 Å². The zero-order valence-corrected chi connectivity index (χ0v) is 11.0. The van der Waals surface area contributed by atoms with Gasteiger partial charge in [0.15, 0.2) is 0 Å². The number of aliphatic hydroxyl groups excluding tert-OH is 1. The average Bonchev–Trinajstić information content (AvgIpc) is 2.35. The van der Waals surface area contributed by atoms with Crippen LogP contribution < -0.4 is 10.6 Å². The van der Waals surface area contributed by atoms with E-state index in [0.717, 1.165) is 19.3 Å². The lowest BCUT2D eigenvalue weighted by Gasteiger charge is -2.38. The van der Waals surface area contributed by atoms with E-state index >= 15 is 0 Å². The van der Waals surface area contributed by atoms with Gasteiger partial charge in [0, 0.05) is 24.2 Å². The van der Waals surface area contributed by atoms with Crippen molar-refractivity contribution in [2.75, 3.05) is 18.1 Å². The van der Waals surface area contributed by atoms with Crippen LogP contribution in [0.2, 0.25) is 0 Å². The van der Waals surface area contributed by atoms with Gasteiger partial charge in [0.2, 0.25) is 5.91 Å². The van der Waals surface area contributed by atoms with E-state index in [1.165, 1.54) is 18.2 Å². The number of benzene rings is 1. The highest BCUT2D eigenvalue weighted by molar-refractivity contribution is 5.94. The van der Waals surface area contributed by atoms with E-state index in [9.17, 15) is 20.0 Å². The van der Waals surface area contributed by atoms with Crippen molar-refractivity contribution in [3.05, 3.63) is 33.9 Å². The number of nitrogens with two attached hydrogens (primary N) is 1. The van der Waals surface area contributed by atoms with E-state index in [1.54, 1.807) is 4.90 Å². The smallest absolute Gasteiger partial charge is 0.292 e. The zero-order valence-electron chi connectivity index (χ0n) is 11.0. The molecule has 20 heavy (non-hydrogen) atoms. The van der Waals surface area contributed by atoms with Gasteiger partial charge >= 0.3 is 0 Å². The molecule has 1 aliphatic carbocycles. The molecule has 0 aromatic heterocycles. The second-order valence-electron chi connectivity index (χ2n) is 4.83. The number of nitro groups is 1. The Kier molecular flexibility index (Phi) is 4.19. The molecule has 3 N–H and O–H groups in total. The van der Waals surface area contributed by atoms with Gasteiger partial charge in [0.05, 0.1) is 11.5 Å². The molecule has 2 rings (SSSR count). The summed E-state index contributed by atoms with van der Waals surface area (Å²) in [4.78, 5) is 23.7. The summed E-state index contributed by atoms with van der Waals surface area (Å²) in [6, 6.07) is 4.25. The maximum Gasteiger partial charge on any atom is 0.292 e. The van der Waals surface area contributed by atoms with E-state index < -0.39 is 10.8 Å². The van der Waals surface area contributed by atoms with Crippen molar-refractivity contribution < 1.29 is 14.8 Å². The molecule has 1 aromatic carbocycles. The summed E-state index contributed by atoms with van der Waals surface area (Å²) in [7, 11) is 0. The second kappa shape index (κ2) is 5.87. The molecule has 1 aliphatic rings. The Morgan fingerprint density at radius 1 is 1.50 bits per heavy atom. The Bertz CT molecular complexity index is 528. The van der Waals surface area contributed by atoms with E-state index in [1.807, 2.05) is 0 Å². The molecule has 1 amide bonds. The molecule has 0 atom stereocenters. The summed E-state index contributed by atoms with van der Waals surface area (Å²) in [6.07, 6.45) is 2.92. The second-order valence-corrected chi connectivity index (χ2v) is 4.83. The van der Waals surface area contributed by atoms with Gasteiger partial charge in [-0.25, -0.2) is 0 Å². The van der Waals surface area contributed by atoms with Crippen molar-refractivity contribution in [3.8, 4) is 0 Å². The van der Waals surface area contributed by atoms with Crippen molar-refractivity contribution >= 4 is 17.3 Å². The fraction of sp³-hybridized carbons (Fsp3) is 0.462. The number of carbonyl (C=O) groups is 1. The van der Waals surface area contributed by atoms with Crippen LogP contribution in [0.5, 0.6) is 0 Å². The Morgan fingerprint density at radius 2 is 2.20 bits per heavy atom. The molecule has 1 aromatic rings. The number of carbonyl (C=O) groups excluding carboxylic acids is 1. The molecular weight excluding hydrogens is 262 g/mol. The molecule has 1 fully saturated rings. The van der Waals surface area contributed by atoms with Crippen LogP contribution in [0, 0.1) is 10.1 Å². The highest BCUT2D eigenvalue weighted by Gasteiger charge is 2.29. The predicted molar refractivity (Wildman–Crippen MR) is 73.7 cm³/mol. The van der Waals surface area contributed by atoms with Crippen molar-refractivity contribution in [1.82, 2.24) is 0 Å². The molecule has 0 bridgehead atoms. The summed E-state index contributed by atoms with van der Waals surface area (Å²) >= 11 is 0. The maximum absolute atomic E-state index is 11.3. The molecule has 0 heterocycles. The molecular formula is C13H17N3O4. The minimum absolute atomic E-state index is 0.0737. The van der Waals surface area contributed by atoms with Crippen LogP contribution in [-0.2, 0) is 0 Å². The molecule has 7 heteroatoms. The maximum atomic E-state index is 11.3. The Balaban J connectivity index is 2.45. The summed E-state index contributed by atoms with van der Waals surface area (Å²) < 4.78 is 0. The lowest BCUT2D eigenvalue weighted by Crippen LogP contribution is -2.42. The first kappa shape index (κ1) is 14.3. The largest absolute Gasteiger partial charge is 0.395 e. The van der Waals surface area contributed by atoms with Crippen LogP contribution in [0.1, 0.15) is 29.6 Å². The topological polar surface area (TPSA) is 110 Å². The van der Waals surface area contributed by atoms with Crippen molar-refractivity contribution in [1.29, 1.82) is 0 Å². The molecule has 1 saturated carbocycles. The van der Waals surface area contributed by atoms with Crippen LogP contribution in [0.25, 0.3) is 0 Å². The van der Waals surface area contributed by atoms with E-state index in [2.05, 4.69) is 0 Å². The van der Waals surface area contributed by atoms with Gasteiger partial charge < -0.3 is 15.7 Å². The van der Waals surface area contributed by atoms with Gasteiger partial charge in [0.25, 0.3) is 5.69 Å². The SMILES string of the molecule is NC(=O)c1ccc([N+](=O)[O-])c(N(CCO)C2CCC2)c1. The Hall–Kier alpha value is -2.15. The quantitative estimate of drug-likeness (QED) is 0.597. The molecule has 7 nitrogen and oxygen atoms in total. The molecule has 0 saturated heterocycles. The zero-order chi connectivity index (χ0) is 14.7. The molecule has 0 aliphatic heterocycles. The number of rotatable bonds is 6. The van der Waals surface area contributed by atoms with Gasteiger partial charge in [-0.1, -0.05) is 0 Å². The van der Waals surface area contributed by atoms with Crippen LogP contribution in [0.15, 0.2) is 18.2 Å². The third-order valence-electron chi connectivity index (χ3n) is 3.62. The number of anilines is 1. The molecule has 0 unspecified atom stereocenters. The van der Waals surface area contributed by atoms with Gasteiger partial charge in [-0.15, -0.1) is 0 Å². The average molecular weight is 279 g/mol. The van der Waals surface area contributed by atoms with E-state index in [0.29, 0.717) is 12.2 Å². The first-order valence-electron chi connectivity index (χ1n) is 6.50. The fourth-order valence-electron chi connectivity index (χ4n) is 2.37. The normalized spacial score (nSPS) is 14.7. The third-order valence-corrected chi connectivity index (χ3v) is 3.62.